The van der Waals surface area contributed by atoms with Crippen LogP contribution >= 0.6 is 11.3 Å². The lowest BCUT2D eigenvalue weighted by atomic mass is 9.90. The minimum absolute atomic E-state index is 0.123. The average molecular weight is 392 g/mol. The van der Waals surface area contributed by atoms with Crippen molar-refractivity contribution in [3.05, 3.63) is 52.0 Å². The van der Waals surface area contributed by atoms with Crippen molar-refractivity contribution in [1.82, 2.24) is 9.80 Å². The van der Waals surface area contributed by atoms with Crippen LogP contribution in [0.4, 0.5) is 4.39 Å². The van der Waals surface area contributed by atoms with Crippen molar-refractivity contribution in [3.8, 4) is 5.75 Å². The Labute approximate surface area is 163 Å². The summed E-state index contributed by atoms with van der Waals surface area (Å²) < 4.78 is 19.3. The molecule has 0 spiro atoms. The summed E-state index contributed by atoms with van der Waals surface area (Å²) in [7, 11) is 3.41. The predicted octanol–water partition coefficient (Wildman–Crippen LogP) is 2.88. The van der Waals surface area contributed by atoms with Crippen molar-refractivity contribution in [1.29, 1.82) is 0 Å². The van der Waals surface area contributed by atoms with Gasteiger partial charge in [-0.05, 0) is 60.5 Å². The van der Waals surface area contributed by atoms with Gasteiger partial charge < -0.3 is 14.7 Å². The first kappa shape index (κ1) is 19.8. The van der Waals surface area contributed by atoms with E-state index in [-0.39, 0.29) is 24.8 Å². The molecule has 7 heteroatoms. The number of hydrogen-bond acceptors (Lipinski definition) is 5. The molecular weight excluding hydrogens is 367 g/mol. The van der Waals surface area contributed by atoms with Crippen LogP contribution in [0.2, 0.25) is 0 Å². The molecule has 0 aliphatic carbocycles. The number of likely N-dealkylation sites (tertiary alicyclic amines) is 1. The number of carbonyl (C=O) groups is 1. The number of ether oxygens (including phenoxy) is 1. The largest absolute Gasteiger partial charge is 0.497 e. The molecule has 5 nitrogen and oxygen atoms in total. The van der Waals surface area contributed by atoms with E-state index in [9.17, 15) is 14.3 Å². The number of hydrogen-bond donors (Lipinski definition) is 1. The molecule has 0 radical (unpaired) electrons. The van der Waals surface area contributed by atoms with E-state index in [1.165, 1.54) is 13.2 Å². The second kappa shape index (κ2) is 8.37. The highest BCUT2D eigenvalue weighted by atomic mass is 32.1. The number of rotatable bonds is 7. The third-order valence-electron chi connectivity index (χ3n) is 4.88. The summed E-state index contributed by atoms with van der Waals surface area (Å²) >= 11 is 1.62. The average Bonchev–Trinajstić information content (AvgIpc) is 3.13. The molecule has 0 unspecified atom stereocenters. The van der Waals surface area contributed by atoms with Crippen molar-refractivity contribution in [3.63, 3.8) is 0 Å². The van der Waals surface area contributed by atoms with Crippen LogP contribution in [-0.4, -0.2) is 53.7 Å². The Hall–Kier alpha value is -1.96. The van der Waals surface area contributed by atoms with Gasteiger partial charge in [0.1, 0.15) is 11.6 Å². The van der Waals surface area contributed by atoms with E-state index >= 15 is 0 Å². The monoisotopic (exact) mass is 392 g/mol. The maximum absolute atomic E-state index is 14.1. The summed E-state index contributed by atoms with van der Waals surface area (Å²) in [4.78, 5) is 16.4. The molecule has 146 valence electrons. The van der Waals surface area contributed by atoms with Crippen LogP contribution in [0.5, 0.6) is 5.75 Å². The summed E-state index contributed by atoms with van der Waals surface area (Å²) in [6.45, 7) is 1.55. The van der Waals surface area contributed by atoms with Gasteiger partial charge in [0.05, 0.1) is 7.11 Å². The van der Waals surface area contributed by atoms with E-state index in [4.69, 9.17) is 4.74 Å². The number of benzene rings is 1. The van der Waals surface area contributed by atoms with Gasteiger partial charge in [0.15, 0.2) is 5.60 Å². The molecule has 1 amide bonds. The second-order valence-electron chi connectivity index (χ2n) is 7.12. The highest BCUT2D eigenvalue weighted by molar-refractivity contribution is 7.07. The fourth-order valence-electron chi connectivity index (χ4n) is 3.56. The number of nitrogens with zero attached hydrogens (tertiary/aromatic N) is 2. The maximum atomic E-state index is 14.1. The first-order valence-electron chi connectivity index (χ1n) is 8.95. The molecule has 0 saturated carbocycles. The molecule has 2 heterocycles. The summed E-state index contributed by atoms with van der Waals surface area (Å²) in [5.74, 6) is -0.179. The van der Waals surface area contributed by atoms with Crippen molar-refractivity contribution in [2.24, 2.45) is 0 Å². The first-order chi connectivity index (χ1) is 12.9. The number of carbonyl (C=O) groups excluding carboxylic acids is 1. The summed E-state index contributed by atoms with van der Waals surface area (Å²) in [5.41, 5.74) is 0.0986. The third-order valence-corrected chi connectivity index (χ3v) is 5.61. The topological polar surface area (TPSA) is 53.0 Å². The fraction of sp³-hybridized carbons (Fsp3) is 0.450. The molecular formula is C20H25FN2O3S. The van der Waals surface area contributed by atoms with Crippen molar-refractivity contribution < 1.29 is 19.0 Å². The summed E-state index contributed by atoms with van der Waals surface area (Å²) in [5, 5.41) is 15.1. The number of halogens is 1. The molecule has 1 aliphatic rings. The lowest BCUT2D eigenvalue weighted by Crippen LogP contribution is -2.57. The van der Waals surface area contributed by atoms with Gasteiger partial charge in [-0.3, -0.25) is 9.69 Å². The van der Waals surface area contributed by atoms with Gasteiger partial charge in [0, 0.05) is 31.7 Å². The lowest BCUT2D eigenvalue weighted by Gasteiger charge is -2.40. The number of thiophene rings is 1. The van der Waals surface area contributed by atoms with Gasteiger partial charge in [-0.25, -0.2) is 4.39 Å². The molecule has 3 rings (SSSR count). The Bertz CT molecular complexity index is 784. The van der Waals surface area contributed by atoms with Crippen LogP contribution < -0.4 is 4.74 Å². The maximum Gasteiger partial charge on any atom is 0.256 e. The highest BCUT2D eigenvalue weighted by Gasteiger charge is 2.43. The van der Waals surface area contributed by atoms with Crippen molar-refractivity contribution in [2.45, 2.75) is 31.5 Å². The molecule has 1 aromatic carbocycles. The van der Waals surface area contributed by atoms with Crippen LogP contribution in [0.25, 0.3) is 0 Å². The predicted molar refractivity (Wildman–Crippen MR) is 103 cm³/mol. The number of methoxy groups -OCH3 is 1. The van der Waals surface area contributed by atoms with Crippen LogP contribution in [0.3, 0.4) is 0 Å². The Balaban J connectivity index is 1.69. The van der Waals surface area contributed by atoms with E-state index in [0.29, 0.717) is 37.2 Å². The Morgan fingerprint density at radius 1 is 1.41 bits per heavy atom. The fourth-order valence-corrected chi connectivity index (χ4v) is 4.22. The van der Waals surface area contributed by atoms with Crippen molar-refractivity contribution in [2.75, 3.05) is 27.2 Å². The van der Waals surface area contributed by atoms with E-state index in [1.54, 1.807) is 28.4 Å². The van der Waals surface area contributed by atoms with E-state index in [1.807, 2.05) is 23.4 Å². The first-order valence-corrected chi connectivity index (χ1v) is 9.89. The molecule has 1 aliphatic heterocycles. The molecule has 2 aromatic rings. The zero-order chi connectivity index (χ0) is 19.4. The number of piperidine rings is 1. The summed E-state index contributed by atoms with van der Waals surface area (Å²) in [6, 6.07) is 6.51. The number of likely N-dealkylation sites (N-methyl/N-ethyl adjacent to an activating group) is 1. The van der Waals surface area contributed by atoms with Crippen LogP contribution in [0, 0.1) is 5.82 Å². The minimum atomic E-state index is -1.45. The van der Waals surface area contributed by atoms with Gasteiger partial charge in [-0.2, -0.15) is 11.3 Å². The standard InChI is InChI=1S/C20H25FN2O3S/c1-22(11-15-6-9-27-13-15)14-20(25)7-3-8-23(19(20)24)12-16-10-17(26-2)4-5-18(16)21/h4-6,9-10,13,25H,3,7-8,11-12,14H2,1-2H3/t20-/m0/s1. The highest BCUT2D eigenvalue weighted by Crippen LogP contribution is 2.27. The molecule has 27 heavy (non-hydrogen) atoms. The van der Waals surface area contributed by atoms with Crippen LogP contribution in [-0.2, 0) is 17.9 Å². The SMILES string of the molecule is COc1ccc(F)c(CN2CCC[C@](O)(CN(C)Cc3ccsc3)C2=O)c1. The normalized spacial score (nSPS) is 20.3. The molecule has 1 aromatic heterocycles. The van der Waals surface area contributed by atoms with E-state index in [0.717, 1.165) is 5.56 Å². The zero-order valence-corrected chi connectivity index (χ0v) is 16.5. The zero-order valence-electron chi connectivity index (χ0n) is 15.7. The van der Waals surface area contributed by atoms with E-state index in [2.05, 4.69) is 5.38 Å². The van der Waals surface area contributed by atoms with Crippen LogP contribution in [0.1, 0.15) is 24.0 Å². The Morgan fingerprint density at radius 2 is 2.22 bits per heavy atom. The van der Waals surface area contributed by atoms with Gasteiger partial charge in [0.25, 0.3) is 5.91 Å². The molecule has 1 N–H and O–H groups in total. The summed E-state index contributed by atoms with van der Waals surface area (Å²) in [6.07, 6.45) is 1.09. The smallest absolute Gasteiger partial charge is 0.256 e. The minimum Gasteiger partial charge on any atom is -0.497 e. The van der Waals surface area contributed by atoms with Gasteiger partial charge in [0.2, 0.25) is 0 Å². The quantitative estimate of drug-likeness (QED) is 0.787. The molecule has 1 fully saturated rings. The second-order valence-corrected chi connectivity index (χ2v) is 7.90. The van der Waals surface area contributed by atoms with Gasteiger partial charge in [-0.15, -0.1) is 0 Å². The Kier molecular flexibility index (Phi) is 6.14. The number of aliphatic hydroxyl groups is 1. The Morgan fingerprint density at radius 3 is 2.93 bits per heavy atom. The molecule has 0 bridgehead atoms. The molecule has 1 atom stereocenters. The molecule has 1 saturated heterocycles. The number of amides is 1. The van der Waals surface area contributed by atoms with E-state index < -0.39 is 5.60 Å². The third kappa shape index (κ3) is 4.66. The van der Waals surface area contributed by atoms with Crippen molar-refractivity contribution >= 4 is 17.2 Å². The lowest BCUT2D eigenvalue weighted by molar-refractivity contribution is -0.160. The van der Waals surface area contributed by atoms with Crippen LogP contribution in [0.15, 0.2) is 35.0 Å². The van der Waals surface area contributed by atoms with Gasteiger partial charge in [-0.1, -0.05) is 0 Å². The van der Waals surface area contributed by atoms with Gasteiger partial charge >= 0.3 is 0 Å².